The molecule has 0 aliphatic carbocycles. The van der Waals surface area contributed by atoms with Crippen LogP contribution in [0.2, 0.25) is 0 Å². The van der Waals surface area contributed by atoms with Crippen LogP contribution in [0, 0.1) is 0 Å². The molecule has 102 valence electrons. The Labute approximate surface area is 117 Å². The standard InChI is InChI=1S/C16H15NO3/c1-10(2)15(18)17-8-7-12-9-13(5-6-14(12)17)20-16(19)11(3)4/h5-9H,1,3H2,2,4H3. The molecule has 1 aromatic heterocycles. The molecule has 20 heavy (non-hydrogen) atoms. The molecule has 0 saturated heterocycles. The molecule has 0 N–H and O–H groups in total. The summed E-state index contributed by atoms with van der Waals surface area (Å²) in [6.45, 7) is 10.4. The van der Waals surface area contributed by atoms with E-state index >= 15 is 0 Å². The van der Waals surface area contributed by atoms with Crippen molar-refractivity contribution in [2.24, 2.45) is 0 Å². The predicted octanol–water partition coefficient (Wildman–Crippen LogP) is 3.34. The molecule has 0 amide bonds. The molecule has 0 fully saturated rings. The van der Waals surface area contributed by atoms with E-state index in [1.54, 1.807) is 44.3 Å². The number of fused-ring (bicyclic) bond motifs is 1. The van der Waals surface area contributed by atoms with E-state index in [-0.39, 0.29) is 5.91 Å². The molecule has 0 saturated carbocycles. The van der Waals surface area contributed by atoms with Crippen molar-refractivity contribution in [1.82, 2.24) is 4.57 Å². The van der Waals surface area contributed by atoms with Crippen molar-refractivity contribution in [2.75, 3.05) is 0 Å². The molecule has 0 atom stereocenters. The molecule has 2 aromatic rings. The van der Waals surface area contributed by atoms with E-state index < -0.39 is 5.97 Å². The van der Waals surface area contributed by atoms with Gasteiger partial charge < -0.3 is 4.74 Å². The predicted molar refractivity (Wildman–Crippen MR) is 77.8 cm³/mol. The summed E-state index contributed by atoms with van der Waals surface area (Å²) in [4.78, 5) is 23.4. The van der Waals surface area contributed by atoms with Crippen LogP contribution >= 0.6 is 0 Å². The Hall–Kier alpha value is -2.62. The quantitative estimate of drug-likeness (QED) is 0.488. The fraction of sp³-hybridized carbons (Fsp3) is 0.125. The van der Waals surface area contributed by atoms with Crippen LogP contribution in [0.4, 0.5) is 0 Å². The van der Waals surface area contributed by atoms with Crippen molar-refractivity contribution in [3.05, 3.63) is 54.8 Å². The highest BCUT2D eigenvalue weighted by molar-refractivity contribution is 6.01. The van der Waals surface area contributed by atoms with E-state index in [1.165, 1.54) is 4.57 Å². The highest BCUT2D eigenvalue weighted by Gasteiger charge is 2.11. The van der Waals surface area contributed by atoms with Gasteiger partial charge in [0, 0.05) is 22.7 Å². The highest BCUT2D eigenvalue weighted by atomic mass is 16.5. The van der Waals surface area contributed by atoms with Crippen LogP contribution in [-0.4, -0.2) is 16.4 Å². The summed E-state index contributed by atoms with van der Waals surface area (Å²) in [6.07, 6.45) is 1.67. The number of rotatable bonds is 3. The molecule has 4 heteroatoms. The van der Waals surface area contributed by atoms with Crippen LogP contribution in [0.15, 0.2) is 54.8 Å². The van der Waals surface area contributed by atoms with E-state index in [1.807, 2.05) is 0 Å². The van der Waals surface area contributed by atoms with Crippen molar-refractivity contribution in [2.45, 2.75) is 13.8 Å². The van der Waals surface area contributed by atoms with E-state index in [2.05, 4.69) is 13.2 Å². The maximum Gasteiger partial charge on any atom is 0.338 e. The second-order valence-corrected chi connectivity index (χ2v) is 4.66. The number of esters is 1. The lowest BCUT2D eigenvalue weighted by Crippen LogP contribution is -2.10. The molecular formula is C16H15NO3. The van der Waals surface area contributed by atoms with Crippen LogP contribution in [-0.2, 0) is 4.79 Å². The fourth-order valence-electron chi connectivity index (χ4n) is 1.76. The smallest absolute Gasteiger partial charge is 0.338 e. The Balaban J connectivity index is 2.38. The first kappa shape index (κ1) is 13.8. The lowest BCUT2D eigenvalue weighted by Gasteiger charge is -2.06. The molecular weight excluding hydrogens is 254 g/mol. The van der Waals surface area contributed by atoms with Gasteiger partial charge in [-0.05, 0) is 38.1 Å². The van der Waals surface area contributed by atoms with Crippen molar-refractivity contribution in [3.63, 3.8) is 0 Å². The summed E-state index contributed by atoms with van der Waals surface area (Å²) in [5, 5.41) is 0.812. The zero-order valence-electron chi connectivity index (χ0n) is 11.5. The molecule has 0 aliphatic heterocycles. The molecule has 2 rings (SSSR count). The topological polar surface area (TPSA) is 48.3 Å². The first-order valence-electron chi connectivity index (χ1n) is 6.09. The summed E-state index contributed by atoms with van der Waals surface area (Å²) in [6, 6.07) is 6.87. The molecule has 1 aromatic carbocycles. The van der Waals surface area contributed by atoms with Gasteiger partial charge in [-0.25, -0.2) is 4.79 Å². The third-order valence-electron chi connectivity index (χ3n) is 2.80. The normalized spacial score (nSPS) is 10.3. The number of carbonyl (C=O) groups is 2. The average molecular weight is 269 g/mol. The Morgan fingerprint density at radius 3 is 2.40 bits per heavy atom. The third kappa shape index (κ3) is 2.54. The zero-order valence-corrected chi connectivity index (χ0v) is 11.5. The number of hydrogen-bond donors (Lipinski definition) is 0. The zero-order chi connectivity index (χ0) is 14.9. The number of nitrogens with zero attached hydrogens (tertiary/aromatic N) is 1. The van der Waals surface area contributed by atoms with Gasteiger partial charge in [0.2, 0.25) is 0 Å². The average Bonchev–Trinajstić information content (AvgIpc) is 2.80. The Bertz CT molecular complexity index is 737. The first-order chi connectivity index (χ1) is 9.40. The van der Waals surface area contributed by atoms with Gasteiger partial charge in [-0.2, -0.15) is 0 Å². The van der Waals surface area contributed by atoms with Gasteiger partial charge in [-0.1, -0.05) is 13.2 Å². The maximum atomic E-state index is 11.9. The Kier molecular flexibility index (Phi) is 3.57. The minimum atomic E-state index is -0.471. The number of hydrogen-bond acceptors (Lipinski definition) is 3. The number of benzene rings is 1. The fourth-order valence-corrected chi connectivity index (χ4v) is 1.76. The summed E-state index contributed by atoms with van der Waals surface area (Å²) in [5.74, 6) is -0.209. The molecule has 1 heterocycles. The second kappa shape index (κ2) is 5.17. The number of aromatic nitrogens is 1. The Morgan fingerprint density at radius 1 is 1.10 bits per heavy atom. The molecule has 0 spiro atoms. The van der Waals surface area contributed by atoms with Gasteiger partial charge in [-0.3, -0.25) is 9.36 Å². The van der Waals surface area contributed by atoms with Crippen LogP contribution < -0.4 is 4.74 Å². The van der Waals surface area contributed by atoms with Crippen LogP contribution in [0.25, 0.3) is 10.9 Å². The lowest BCUT2D eigenvalue weighted by molar-refractivity contribution is -0.130. The second-order valence-electron chi connectivity index (χ2n) is 4.66. The van der Waals surface area contributed by atoms with Gasteiger partial charge >= 0.3 is 5.97 Å². The van der Waals surface area contributed by atoms with Gasteiger partial charge in [0.15, 0.2) is 0 Å². The van der Waals surface area contributed by atoms with Crippen molar-refractivity contribution >= 4 is 22.8 Å². The van der Waals surface area contributed by atoms with E-state index in [0.717, 1.165) is 10.9 Å². The lowest BCUT2D eigenvalue weighted by atomic mass is 10.2. The molecule has 0 radical (unpaired) electrons. The molecule has 0 unspecified atom stereocenters. The number of allylic oxidation sites excluding steroid dienone is 1. The van der Waals surface area contributed by atoms with Crippen molar-refractivity contribution in [1.29, 1.82) is 0 Å². The van der Waals surface area contributed by atoms with Crippen LogP contribution in [0.1, 0.15) is 18.6 Å². The van der Waals surface area contributed by atoms with Crippen LogP contribution in [0.5, 0.6) is 5.75 Å². The minimum absolute atomic E-state index is 0.160. The molecule has 0 aliphatic rings. The van der Waals surface area contributed by atoms with Gasteiger partial charge in [0.05, 0.1) is 5.52 Å². The Morgan fingerprint density at radius 2 is 1.80 bits per heavy atom. The van der Waals surface area contributed by atoms with Gasteiger partial charge in [0.1, 0.15) is 5.75 Å². The largest absolute Gasteiger partial charge is 0.423 e. The summed E-state index contributed by atoms with van der Waals surface area (Å²) >= 11 is 0. The maximum absolute atomic E-state index is 11.9. The van der Waals surface area contributed by atoms with Crippen molar-refractivity contribution < 1.29 is 14.3 Å². The highest BCUT2D eigenvalue weighted by Crippen LogP contribution is 2.23. The third-order valence-corrected chi connectivity index (χ3v) is 2.80. The first-order valence-corrected chi connectivity index (χ1v) is 6.09. The van der Waals surface area contributed by atoms with E-state index in [0.29, 0.717) is 16.9 Å². The summed E-state index contributed by atoms with van der Waals surface area (Å²) in [5.41, 5.74) is 1.54. The minimum Gasteiger partial charge on any atom is -0.423 e. The van der Waals surface area contributed by atoms with Gasteiger partial charge in [0.25, 0.3) is 5.91 Å². The SMILES string of the molecule is C=C(C)C(=O)Oc1ccc2c(ccn2C(=O)C(=C)C)c1. The number of carbonyl (C=O) groups excluding carboxylic acids is 2. The number of ether oxygens (including phenoxy) is 1. The van der Waals surface area contributed by atoms with Crippen LogP contribution in [0.3, 0.4) is 0 Å². The van der Waals surface area contributed by atoms with Crippen molar-refractivity contribution in [3.8, 4) is 5.75 Å². The van der Waals surface area contributed by atoms with E-state index in [9.17, 15) is 9.59 Å². The summed E-state index contributed by atoms with van der Waals surface area (Å²) < 4.78 is 6.67. The van der Waals surface area contributed by atoms with Gasteiger partial charge in [-0.15, -0.1) is 0 Å². The monoisotopic (exact) mass is 269 g/mol. The molecule has 0 bridgehead atoms. The molecule has 4 nitrogen and oxygen atoms in total. The van der Waals surface area contributed by atoms with E-state index in [4.69, 9.17) is 4.74 Å². The summed E-state index contributed by atoms with van der Waals surface area (Å²) in [7, 11) is 0.